The molecule has 6 nitrogen and oxygen atoms in total. The molecule has 1 saturated heterocycles. The summed E-state index contributed by atoms with van der Waals surface area (Å²) in [6.07, 6.45) is 1.44. The third-order valence-electron chi connectivity index (χ3n) is 3.03. The average Bonchev–Trinajstić information content (AvgIpc) is 2.54. The van der Waals surface area contributed by atoms with Gasteiger partial charge in [0.05, 0.1) is 26.4 Å². The summed E-state index contributed by atoms with van der Waals surface area (Å²) in [5.41, 5.74) is 0.537. The Kier molecular flexibility index (Phi) is 6.46. The molecule has 0 unspecified atom stereocenters. The molecule has 0 radical (unpaired) electrons. The third-order valence-corrected chi connectivity index (χ3v) is 3.03. The van der Waals surface area contributed by atoms with E-state index in [1.807, 2.05) is 0 Å². The van der Waals surface area contributed by atoms with Gasteiger partial charge in [-0.15, -0.1) is 0 Å². The van der Waals surface area contributed by atoms with Crippen molar-refractivity contribution in [1.82, 2.24) is 5.32 Å². The highest BCUT2D eigenvalue weighted by molar-refractivity contribution is 5.94. The number of hydrogen-bond acceptors (Lipinski definition) is 5. The highest BCUT2D eigenvalue weighted by Crippen LogP contribution is 2.14. The molecule has 1 aliphatic heterocycles. The van der Waals surface area contributed by atoms with Crippen molar-refractivity contribution in [3.63, 3.8) is 0 Å². The van der Waals surface area contributed by atoms with Crippen LogP contribution in [0.5, 0.6) is 5.75 Å². The maximum absolute atomic E-state index is 11.6. The Morgan fingerprint density at radius 3 is 2.67 bits per heavy atom. The van der Waals surface area contributed by atoms with Crippen LogP contribution in [0.1, 0.15) is 23.2 Å². The minimum atomic E-state index is -0.209. The van der Waals surface area contributed by atoms with Crippen molar-refractivity contribution in [3.8, 4) is 5.75 Å². The Morgan fingerprint density at radius 2 is 2.00 bits per heavy atom. The summed E-state index contributed by atoms with van der Waals surface area (Å²) in [6.45, 7) is 2.15. The van der Waals surface area contributed by atoms with E-state index in [4.69, 9.17) is 19.3 Å². The van der Waals surface area contributed by atoms with E-state index in [2.05, 4.69) is 5.32 Å². The van der Waals surface area contributed by atoms with E-state index in [-0.39, 0.29) is 25.3 Å². The Labute approximate surface area is 124 Å². The van der Waals surface area contributed by atoms with Gasteiger partial charge in [0.15, 0.2) is 6.29 Å². The molecular weight excluding hydrogens is 274 g/mol. The molecule has 6 heteroatoms. The molecule has 0 bridgehead atoms. The second-order valence-electron chi connectivity index (χ2n) is 4.67. The van der Waals surface area contributed by atoms with Crippen LogP contribution >= 0.6 is 0 Å². The van der Waals surface area contributed by atoms with Crippen LogP contribution in [0, 0.1) is 0 Å². The highest BCUT2D eigenvalue weighted by atomic mass is 16.7. The van der Waals surface area contributed by atoms with Crippen LogP contribution in [0.3, 0.4) is 0 Å². The van der Waals surface area contributed by atoms with E-state index in [1.54, 1.807) is 24.3 Å². The van der Waals surface area contributed by atoms with Gasteiger partial charge in [-0.1, -0.05) is 0 Å². The zero-order valence-corrected chi connectivity index (χ0v) is 11.9. The number of amides is 1. The van der Waals surface area contributed by atoms with E-state index < -0.39 is 0 Å². The topological polar surface area (TPSA) is 77.0 Å². The monoisotopic (exact) mass is 295 g/mol. The Morgan fingerprint density at radius 1 is 1.29 bits per heavy atom. The van der Waals surface area contributed by atoms with Gasteiger partial charge in [-0.3, -0.25) is 4.79 Å². The minimum Gasteiger partial charge on any atom is -0.493 e. The molecular formula is C15H21NO5. The number of aliphatic hydroxyl groups is 1. The van der Waals surface area contributed by atoms with Crippen molar-refractivity contribution >= 4 is 5.91 Å². The predicted octanol–water partition coefficient (Wildman–Crippen LogP) is 0.941. The molecule has 1 heterocycles. The van der Waals surface area contributed by atoms with Crippen LogP contribution in [0.2, 0.25) is 0 Å². The van der Waals surface area contributed by atoms with Crippen molar-refractivity contribution in [1.29, 1.82) is 0 Å². The number of rotatable bonds is 7. The molecule has 0 aliphatic carbocycles. The summed E-state index contributed by atoms with van der Waals surface area (Å²) in [7, 11) is 0. The normalized spacial score (nSPS) is 15.7. The van der Waals surface area contributed by atoms with E-state index in [9.17, 15) is 4.79 Å². The summed E-state index contributed by atoms with van der Waals surface area (Å²) in [5, 5.41) is 11.2. The van der Waals surface area contributed by atoms with Gasteiger partial charge in [0, 0.05) is 18.5 Å². The average molecular weight is 295 g/mol. The summed E-state index contributed by atoms with van der Waals surface area (Å²) in [5.74, 6) is 0.490. The molecule has 1 amide bonds. The first-order valence-electron chi connectivity index (χ1n) is 7.15. The quantitative estimate of drug-likeness (QED) is 0.783. The second kappa shape index (κ2) is 8.61. The van der Waals surface area contributed by atoms with E-state index in [1.165, 1.54) is 0 Å². The lowest BCUT2D eigenvalue weighted by Gasteiger charge is -2.23. The first kappa shape index (κ1) is 15.8. The Bertz CT molecular complexity index is 428. The third kappa shape index (κ3) is 5.34. The highest BCUT2D eigenvalue weighted by Gasteiger charge is 2.13. The predicted molar refractivity (Wildman–Crippen MR) is 76.3 cm³/mol. The first-order chi connectivity index (χ1) is 10.3. The number of benzene rings is 1. The van der Waals surface area contributed by atoms with Crippen molar-refractivity contribution in [2.45, 2.75) is 19.1 Å². The molecule has 21 heavy (non-hydrogen) atoms. The summed E-state index contributed by atoms with van der Waals surface area (Å²) < 4.78 is 16.4. The fourth-order valence-electron chi connectivity index (χ4n) is 1.95. The molecule has 2 N–H and O–H groups in total. The number of aliphatic hydroxyl groups excluding tert-OH is 1. The lowest BCUT2D eigenvalue weighted by atomic mass is 10.2. The van der Waals surface area contributed by atoms with Gasteiger partial charge < -0.3 is 24.6 Å². The lowest BCUT2D eigenvalue weighted by molar-refractivity contribution is -0.183. The van der Waals surface area contributed by atoms with Crippen LogP contribution in [0.15, 0.2) is 24.3 Å². The largest absolute Gasteiger partial charge is 0.493 e. The zero-order chi connectivity index (χ0) is 14.9. The standard InChI is InChI=1S/C15H21NO5/c17-8-7-16-15(18)12-2-4-13(5-3-12)19-11-6-14-20-9-1-10-21-14/h2-5,14,17H,1,6-11H2,(H,16,18). The van der Waals surface area contributed by atoms with Crippen LogP contribution in [-0.2, 0) is 9.47 Å². The van der Waals surface area contributed by atoms with Gasteiger partial charge in [0.1, 0.15) is 5.75 Å². The summed E-state index contributed by atoms with van der Waals surface area (Å²) in [4.78, 5) is 11.6. The SMILES string of the molecule is O=C(NCCO)c1ccc(OCCC2OCCCO2)cc1. The van der Waals surface area contributed by atoms with E-state index in [0.29, 0.717) is 24.3 Å². The van der Waals surface area contributed by atoms with Crippen molar-refractivity contribution in [3.05, 3.63) is 29.8 Å². The van der Waals surface area contributed by atoms with Crippen molar-refractivity contribution < 1.29 is 24.1 Å². The molecule has 1 aromatic rings. The van der Waals surface area contributed by atoms with Crippen molar-refractivity contribution in [2.24, 2.45) is 0 Å². The maximum atomic E-state index is 11.6. The molecule has 0 aromatic heterocycles. The minimum absolute atomic E-state index is 0.0712. The van der Waals surface area contributed by atoms with Gasteiger partial charge >= 0.3 is 0 Å². The summed E-state index contributed by atoms with van der Waals surface area (Å²) >= 11 is 0. The van der Waals surface area contributed by atoms with E-state index in [0.717, 1.165) is 19.6 Å². The van der Waals surface area contributed by atoms with E-state index >= 15 is 0 Å². The Balaban J connectivity index is 1.72. The molecule has 0 saturated carbocycles. The van der Waals surface area contributed by atoms with Gasteiger partial charge in [-0.2, -0.15) is 0 Å². The molecule has 1 fully saturated rings. The van der Waals surface area contributed by atoms with Crippen molar-refractivity contribution in [2.75, 3.05) is 33.0 Å². The fourth-order valence-corrected chi connectivity index (χ4v) is 1.95. The number of hydrogen-bond donors (Lipinski definition) is 2. The number of carbonyl (C=O) groups excluding carboxylic acids is 1. The summed E-state index contributed by atoms with van der Waals surface area (Å²) in [6, 6.07) is 6.87. The van der Waals surface area contributed by atoms with Crippen LogP contribution < -0.4 is 10.1 Å². The van der Waals surface area contributed by atoms with Gasteiger partial charge in [-0.05, 0) is 30.7 Å². The molecule has 1 aliphatic rings. The molecule has 2 rings (SSSR count). The smallest absolute Gasteiger partial charge is 0.251 e. The van der Waals surface area contributed by atoms with Crippen LogP contribution in [-0.4, -0.2) is 50.3 Å². The first-order valence-corrected chi connectivity index (χ1v) is 7.15. The van der Waals surface area contributed by atoms with Gasteiger partial charge in [0.2, 0.25) is 0 Å². The molecule has 0 atom stereocenters. The number of nitrogens with one attached hydrogen (secondary N) is 1. The Hall–Kier alpha value is -1.63. The lowest BCUT2D eigenvalue weighted by Crippen LogP contribution is -2.26. The van der Waals surface area contributed by atoms with Gasteiger partial charge in [0.25, 0.3) is 5.91 Å². The molecule has 116 valence electrons. The van der Waals surface area contributed by atoms with Crippen LogP contribution in [0.4, 0.5) is 0 Å². The number of ether oxygens (including phenoxy) is 3. The molecule has 0 spiro atoms. The molecule has 1 aromatic carbocycles. The second-order valence-corrected chi connectivity index (χ2v) is 4.67. The zero-order valence-electron chi connectivity index (χ0n) is 11.9. The van der Waals surface area contributed by atoms with Gasteiger partial charge in [-0.25, -0.2) is 0 Å². The van der Waals surface area contributed by atoms with Crippen LogP contribution in [0.25, 0.3) is 0 Å². The maximum Gasteiger partial charge on any atom is 0.251 e. The fraction of sp³-hybridized carbons (Fsp3) is 0.533. The number of carbonyl (C=O) groups is 1.